The molecule has 0 saturated carbocycles. The maximum absolute atomic E-state index is 12.6. The summed E-state index contributed by atoms with van der Waals surface area (Å²) in [6.07, 6.45) is 0.641. The van der Waals surface area contributed by atoms with Crippen molar-refractivity contribution in [1.29, 1.82) is 0 Å². The van der Waals surface area contributed by atoms with E-state index in [4.69, 9.17) is 4.74 Å². The van der Waals surface area contributed by atoms with Gasteiger partial charge in [0.2, 0.25) is 5.91 Å². The summed E-state index contributed by atoms with van der Waals surface area (Å²) in [5, 5.41) is 5.15. The third-order valence-electron chi connectivity index (χ3n) is 4.69. The van der Waals surface area contributed by atoms with Gasteiger partial charge in [0.05, 0.1) is 18.4 Å². The minimum atomic E-state index is -3.33. The Bertz CT molecular complexity index is 1040. The summed E-state index contributed by atoms with van der Waals surface area (Å²) in [6, 6.07) is 14.7. The second-order valence-corrected chi connectivity index (χ2v) is 9.67. The molecule has 0 aromatic heterocycles. The molecule has 9 nitrogen and oxygen atoms in total. The predicted molar refractivity (Wildman–Crippen MR) is 122 cm³/mol. The van der Waals surface area contributed by atoms with Crippen molar-refractivity contribution in [3.63, 3.8) is 0 Å². The lowest BCUT2D eigenvalue weighted by molar-refractivity contribution is -0.123. The van der Waals surface area contributed by atoms with E-state index >= 15 is 0 Å². The van der Waals surface area contributed by atoms with Crippen molar-refractivity contribution < 1.29 is 32.3 Å². The first-order valence-electron chi connectivity index (χ1n) is 10.3. The highest BCUT2D eigenvalue weighted by Gasteiger charge is 2.23. The first-order valence-corrected chi connectivity index (χ1v) is 12.3. The molecule has 0 bridgehead atoms. The molecule has 2 amide bonds. The first kappa shape index (κ1) is 25.9. The molecule has 1 unspecified atom stereocenters. The Labute approximate surface area is 193 Å². The van der Waals surface area contributed by atoms with Gasteiger partial charge in [0.1, 0.15) is 22.5 Å². The highest BCUT2D eigenvalue weighted by atomic mass is 32.2. The number of amides is 2. The average molecular weight is 477 g/mol. The van der Waals surface area contributed by atoms with Crippen LogP contribution in [-0.4, -0.2) is 58.1 Å². The van der Waals surface area contributed by atoms with Crippen molar-refractivity contribution in [2.75, 3.05) is 25.7 Å². The van der Waals surface area contributed by atoms with Gasteiger partial charge in [-0.1, -0.05) is 42.5 Å². The molecule has 0 spiro atoms. The molecule has 0 aliphatic carbocycles. The van der Waals surface area contributed by atoms with Crippen molar-refractivity contribution in [3.05, 3.63) is 71.3 Å². The molecule has 0 saturated heterocycles. The third kappa shape index (κ3) is 9.73. The lowest BCUT2D eigenvalue weighted by Crippen LogP contribution is -2.48. The van der Waals surface area contributed by atoms with E-state index in [-0.39, 0.29) is 25.3 Å². The van der Waals surface area contributed by atoms with Gasteiger partial charge in [0.15, 0.2) is 0 Å². The van der Waals surface area contributed by atoms with E-state index in [0.717, 1.165) is 17.4 Å². The van der Waals surface area contributed by atoms with Crippen LogP contribution in [0.2, 0.25) is 0 Å². The number of carbonyl (C=O) groups excluding carboxylic acids is 3. The summed E-state index contributed by atoms with van der Waals surface area (Å²) in [7, 11) is -2.03. The van der Waals surface area contributed by atoms with Crippen LogP contribution in [0.1, 0.15) is 27.9 Å². The van der Waals surface area contributed by atoms with Crippen LogP contribution in [0.15, 0.2) is 54.6 Å². The van der Waals surface area contributed by atoms with Crippen LogP contribution in [0.5, 0.6) is 0 Å². The number of carbonyl (C=O) groups is 3. The van der Waals surface area contributed by atoms with Crippen molar-refractivity contribution in [1.82, 2.24) is 10.6 Å². The van der Waals surface area contributed by atoms with Gasteiger partial charge in [-0.3, -0.25) is 4.79 Å². The van der Waals surface area contributed by atoms with Gasteiger partial charge in [-0.2, -0.15) is 0 Å². The fourth-order valence-corrected chi connectivity index (χ4v) is 3.55. The average Bonchev–Trinajstić information content (AvgIpc) is 2.80. The number of rotatable bonds is 11. The molecule has 0 fully saturated rings. The molecule has 2 aromatic carbocycles. The number of ether oxygens (including phenoxy) is 2. The molecule has 2 rings (SSSR count). The molecule has 2 N–H and O–H groups in total. The van der Waals surface area contributed by atoms with Gasteiger partial charge >= 0.3 is 12.1 Å². The Morgan fingerprint density at radius 3 is 2.24 bits per heavy atom. The SMILES string of the molecule is COC(=O)c1ccc(CCNC(=O)C(CCS(C)(=O)=O)NC(=O)OCc2ccccc2)cc1. The highest BCUT2D eigenvalue weighted by molar-refractivity contribution is 7.90. The van der Waals surface area contributed by atoms with E-state index in [2.05, 4.69) is 15.4 Å². The molecule has 0 heterocycles. The Morgan fingerprint density at radius 1 is 0.970 bits per heavy atom. The maximum atomic E-state index is 12.6. The molecule has 178 valence electrons. The number of hydrogen-bond acceptors (Lipinski definition) is 7. The maximum Gasteiger partial charge on any atom is 0.408 e. The monoisotopic (exact) mass is 476 g/mol. The number of hydrogen-bond donors (Lipinski definition) is 2. The van der Waals surface area contributed by atoms with Gasteiger partial charge in [-0.05, 0) is 36.1 Å². The van der Waals surface area contributed by atoms with Crippen LogP contribution in [0.4, 0.5) is 4.79 Å². The Balaban J connectivity index is 1.89. The van der Waals surface area contributed by atoms with Gasteiger partial charge in [0, 0.05) is 12.8 Å². The van der Waals surface area contributed by atoms with Crippen LogP contribution in [0.3, 0.4) is 0 Å². The Morgan fingerprint density at radius 2 is 1.64 bits per heavy atom. The predicted octanol–water partition coefficient (Wildman–Crippen LogP) is 1.86. The van der Waals surface area contributed by atoms with E-state index in [1.807, 2.05) is 18.2 Å². The zero-order valence-corrected chi connectivity index (χ0v) is 19.4. The molecule has 33 heavy (non-hydrogen) atoms. The summed E-state index contributed by atoms with van der Waals surface area (Å²) in [6.45, 7) is 0.279. The number of sulfone groups is 1. The van der Waals surface area contributed by atoms with Crippen molar-refractivity contribution in [2.45, 2.75) is 25.5 Å². The summed E-state index contributed by atoms with van der Waals surface area (Å²) in [5.74, 6) is -1.21. The van der Waals surface area contributed by atoms with E-state index < -0.39 is 33.8 Å². The fourth-order valence-electron chi connectivity index (χ4n) is 2.89. The standard InChI is InChI=1S/C23H28N2O7S/c1-31-22(27)19-10-8-17(9-11-19)12-14-24-21(26)20(13-15-33(2,29)30)25-23(28)32-16-18-6-4-3-5-7-18/h3-11,20H,12-16H2,1-2H3,(H,24,26)(H,25,28). The molecular weight excluding hydrogens is 448 g/mol. The van der Waals surface area contributed by atoms with Gasteiger partial charge in [-0.15, -0.1) is 0 Å². The largest absolute Gasteiger partial charge is 0.465 e. The quantitative estimate of drug-likeness (QED) is 0.474. The summed E-state index contributed by atoms with van der Waals surface area (Å²) in [5.41, 5.74) is 2.08. The van der Waals surface area contributed by atoms with Crippen LogP contribution < -0.4 is 10.6 Å². The Kier molecular flexibility index (Phi) is 9.86. The lowest BCUT2D eigenvalue weighted by atomic mass is 10.1. The third-order valence-corrected chi connectivity index (χ3v) is 5.66. The second-order valence-electron chi connectivity index (χ2n) is 7.41. The molecular formula is C23H28N2O7S. The summed E-state index contributed by atoms with van der Waals surface area (Å²) >= 11 is 0. The van der Waals surface area contributed by atoms with Crippen LogP contribution >= 0.6 is 0 Å². The zero-order chi connectivity index (χ0) is 24.3. The van der Waals surface area contributed by atoms with Gasteiger partial charge in [-0.25, -0.2) is 18.0 Å². The summed E-state index contributed by atoms with van der Waals surface area (Å²) in [4.78, 5) is 36.3. The van der Waals surface area contributed by atoms with Crippen molar-refractivity contribution >= 4 is 27.8 Å². The fraction of sp³-hybridized carbons (Fsp3) is 0.348. The van der Waals surface area contributed by atoms with E-state index in [0.29, 0.717) is 12.0 Å². The topological polar surface area (TPSA) is 128 Å². The van der Waals surface area contributed by atoms with Crippen molar-refractivity contribution in [2.24, 2.45) is 0 Å². The first-order chi connectivity index (χ1) is 15.7. The van der Waals surface area contributed by atoms with Crippen LogP contribution in [0, 0.1) is 0 Å². The molecule has 0 radical (unpaired) electrons. The lowest BCUT2D eigenvalue weighted by Gasteiger charge is -2.18. The number of methoxy groups -OCH3 is 1. The molecule has 0 aliphatic heterocycles. The molecule has 1 atom stereocenters. The summed E-state index contributed by atoms with van der Waals surface area (Å²) < 4.78 is 32.9. The van der Waals surface area contributed by atoms with Crippen molar-refractivity contribution in [3.8, 4) is 0 Å². The molecule has 10 heteroatoms. The minimum absolute atomic E-state index is 0.0225. The smallest absolute Gasteiger partial charge is 0.408 e. The van der Waals surface area contributed by atoms with Crippen LogP contribution in [-0.2, 0) is 37.1 Å². The molecule has 0 aliphatic rings. The van der Waals surface area contributed by atoms with Crippen LogP contribution in [0.25, 0.3) is 0 Å². The van der Waals surface area contributed by atoms with E-state index in [1.165, 1.54) is 7.11 Å². The number of alkyl carbamates (subject to hydrolysis) is 1. The highest BCUT2D eigenvalue weighted by Crippen LogP contribution is 2.07. The second kappa shape index (κ2) is 12.6. The zero-order valence-electron chi connectivity index (χ0n) is 18.6. The van der Waals surface area contributed by atoms with E-state index in [1.54, 1.807) is 36.4 Å². The number of esters is 1. The normalized spacial score (nSPS) is 11.8. The van der Waals surface area contributed by atoms with Gasteiger partial charge in [0.25, 0.3) is 0 Å². The number of benzene rings is 2. The Hall–Kier alpha value is -3.40. The van der Waals surface area contributed by atoms with E-state index in [9.17, 15) is 22.8 Å². The van der Waals surface area contributed by atoms with Gasteiger partial charge < -0.3 is 20.1 Å². The molecule has 2 aromatic rings. The minimum Gasteiger partial charge on any atom is -0.465 e. The number of nitrogens with one attached hydrogen (secondary N) is 2.